The van der Waals surface area contributed by atoms with Crippen LogP contribution in [0.3, 0.4) is 0 Å². The van der Waals surface area contributed by atoms with Gasteiger partial charge in [0.2, 0.25) is 0 Å². The summed E-state index contributed by atoms with van der Waals surface area (Å²) < 4.78 is 11.0. The molecule has 0 saturated carbocycles. The number of ether oxygens (including phenoxy) is 2. The van der Waals surface area contributed by atoms with Gasteiger partial charge in [0, 0.05) is 30.5 Å². The van der Waals surface area contributed by atoms with Crippen molar-refractivity contribution in [3.63, 3.8) is 0 Å². The van der Waals surface area contributed by atoms with Gasteiger partial charge in [-0.3, -0.25) is 0 Å². The minimum atomic E-state index is 0.537. The molecule has 152 valence electrons. The van der Waals surface area contributed by atoms with E-state index in [0.717, 1.165) is 53.0 Å². The maximum Gasteiger partial charge on any atom is 0.191 e. The molecular weight excluding hydrogens is 372 g/mol. The Morgan fingerprint density at radius 2 is 2.11 bits per heavy atom. The molecule has 0 atom stereocenters. The standard InChI is InChI=1S/C21H30N4O2S/c1-6-8-17-11-16(12-19(26-4)20(17)27-5)13-24-21(22-7-2)23-10-9-18-14-28-15(3)25-18/h6,11-12,14H,1,7-10,13H2,2-5H3,(H2,22,23,24). The second-order valence-electron chi connectivity index (χ2n) is 6.21. The Kier molecular flexibility index (Phi) is 8.81. The van der Waals surface area contributed by atoms with Crippen molar-refractivity contribution in [2.24, 2.45) is 4.99 Å². The van der Waals surface area contributed by atoms with Gasteiger partial charge in [-0.1, -0.05) is 6.08 Å². The lowest BCUT2D eigenvalue weighted by atomic mass is 10.1. The van der Waals surface area contributed by atoms with E-state index in [0.29, 0.717) is 18.7 Å². The highest BCUT2D eigenvalue weighted by molar-refractivity contribution is 7.09. The highest BCUT2D eigenvalue weighted by Gasteiger charge is 2.11. The van der Waals surface area contributed by atoms with Crippen LogP contribution in [-0.2, 0) is 19.4 Å². The number of hydrogen-bond donors (Lipinski definition) is 2. The lowest BCUT2D eigenvalue weighted by Crippen LogP contribution is -2.38. The highest BCUT2D eigenvalue weighted by atomic mass is 32.1. The van der Waals surface area contributed by atoms with Crippen LogP contribution < -0.4 is 20.1 Å². The molecule has 0 saturated heterocycles. The maximum absolute atomic E-state index is 5.50. The van der Waals surface area contributed by atoms with E-state index in [9.17, 15) is 0 Å². The summed E-state index contributed by atoms with van der Waals surface area (Å²) in [6, 6.07) is 4.06. The molecule has 1 aromatic heterocycles. The SMILES string of the molecule is C=CCc1cc(CN=C(NCC)NCCc2csc(C)n2)cc(OC)c1OC. The second-order valence-corrected chi connectivity index (χ2v) is 7.28. The maximum atomic E-state index is 5.50. The van der Waals surface area contributed by atoms with E-state index in [-0.39, 0.29) is 0 Å². The average molecular weight is 403 g/mol. The molecular formula is C21H30N4O2S. The van der Waals surface area contributed by atoms with E-state index in [1.165, 1.54) is 0 Å². The number of nitrogens with zero attached hydrogens (tertiary/aromatic N) is 2. The Bertz CT molecular complexity index is 802. The molecule has 28 heavy (non-hydrogen) atoms. The van der Waals surface area contributed by atoms with Crippen molar-refractivity contribution in [3.05, 3.63) is 52.0 Å². The van der Waals surface area contributed by atoms with Crippen molar-refractivity contribution in [1.82, 2.24) is 15.6 Å². The van der Waals surface area contributed by atoms with Crippen LogP contribution in [0.2, 0.25) is 0 Å². The Morgan fingerprint density at radius 3 is 2.71 bits per heavy atom. The number of methoxy groups -OCH3 is 2. The van der Waals surface area contributed by atoms with Crippen LogP contribution in [0.25, 0.3) is 0 Å². The fourth-order valence-electron chi connectivity index (χ4n) is 2.85. The lowest BCUT2D eigenvalue weighted by Gasteiger charge is -2.14. The molecule has 0 spiro atoms. The first kappa shape index (κ1) is 21.8. The molecule has 7 heteroatoms. The summed E-state index contributed by atoms with van der Waals surface area (Å²) in [4.78, 5) is 9.20. The van der Waals surface area contributed by atoms with Crippen LogP contribution in [0.1, 0.15) is 28.8 Å². The molecule has 2 aromatic rings. The van der Waals surface area contributed by atoms with Crippen molar-refractivity contribution >= 4 is 17.3 Å². The number of nitrogens with one attached hydrogen (secondary N) is 2. The first-order valence-corrected chi connectivity index (χ1v) is 10.3. The van der Waals surface area contributed by atoms with Gasteiger partial charge in [-0.15, -0.1) is 17.9 Å². The minimum absolute atomic E-state index is 0.537. The smallest absolute Gasteiger partial charge is 0.191 e. The molecule has 0 aliphatic carbocycles. The first-order chi connectivity index (χ1) is 13.6. The van der Waals surface area contributed by atoms with E-state index < -0.39 is 0 Å². The number of rotatable bonds is 10. The molecule has 0 aliphatic heterocycles. The summed E-state index contributed by atoms with van der Waals surface area (Å²) in [5, 5.41) is 9.85. The predicted octanol–water partition coefficient (Wildman–Crippen LogP) is 3.50. The Hall–Kier alpha value is -2.54. The van der Waals surface area contributed by atoms with E-state index in [4.69, 9.17) is 14.5 Å². The minimum Gasteiger partial charge on any atom is -0.493 e. The zero-order valence-corrected chi connectivity index (χ0v) is 18.0. The summed E-state index contributed by atoms with van der Waals surface area (Å²) in [7, 11) is 3.30. The third-order valence-electron chi connectivity index (χ3n) is 4.08. The summed E-state index contributed by atoms with van der Waals surface area (Å²) >= 11 is 1.68. The Balaban J connectivity index is 2.07. The molecule has 1 aromatic carbocycles. The molecule has 0 bridgehead atoms. The second kappa shape index (κ2) is 11.3. The monoisotopic (exact) mass is 402 g/mol. The summed E-state index contributed by atoms with van der Waals surface area (Å²) in [6.45, 7) is 10.0. The van der Waals surface area contributed by atoms with E-state index in [1.54, 1.807) is 25.6 Å². The van der Waals surface area contributed by atoms with Crippen molar-refractivity contribution in [3.8, 4) is 11.5 Å². The normalized spacial score (nSPS) is 11.2. The van der Waals surface area contributed by atoms with Gasteiger partial charge in [-0.05, 0) is 38.0 Å². The third kappa shape index (κ3) is 6.27. The number of aliphatic imine (C=N–C) groups is 1. The number of hydrogen-bond acceptors (Lipinski definition) is 5. The molecule has 0 amide bonds. The largest absolute Gasteiger partial charge is 0.493 e. The van der Waals surface area contributed by atoms with Crippen LogP contribution in [0.5, 0.6) is 11.5 Å². The average Bonchev–Trinajstić information content (AvgIpc) is 3.11. The number of aryl methyl sites for hydroxylation is 1. The molecule has 0 fully saturated rings. The molecule has 2 rings (SSSR count). The first-order valence-electron chi connectivity index (χ1n) is 9.39. The van der Waals surface area contributed by atoms with Gasteiger partial charge in [-0.2, -0.15) is 0 Å². The van der Waals surface area contributed by atoms with E-state index in [2.05, 4.69) is 40.6 Å². The Morgan fingerprint density at radius 1 is 1.29 bits per heavy atom. The third-order valence-corrected chi connectivity index (χ3v) is 4.91. The van der Waals surface area contributed by atoms with Crippen molar-refractivity contribution in [2.45, 2.75) is 33.2 Å². The van der Waals surface area contributed by atoms with Crippen LogP contribution >= 0.6 is 11.3 Å². The lowest BCUT2D eigenvalue weighted by molar-refractivity contribution is 0.352. The quantitative estimate of drug-likeness (QED) is 0.362. The topological polar surface area (TPSA) is 67.8 Å². The van der Waals surface area contributed by atoms with Crippen molar-refractivity contribution in [2.75, 3.05) is 27.3 Å². The van der Waals surface area contributed by atoms with Gasteiger partial charge in [0.05, 0.1) is 31.5 Å². The highest BCUT2D eigenvalue weighted by Crippen LogP contribution is 2.33. The summed E-state index contributed by atoms with van der Waals surface area (Å²) in [6.07, 6.45) is 3.44. The molecule has 6 nitrogen and oxygen atoms in total. The van der Waals surface area contributed by atoms with E-state index in [1.807, 2.05) is 19.1 Å². The molecule has 0 radical (unpaired) electrons. The summed E-state index contributed by atoms with van der Waals surface area (Å²) in [5.74, 6) is 2.25. The van der Waals surface area contributed by atoms with Crippen LogP contribution in [0, 0.1) is 6.92 Å². The van der Waals surface area contributed by atoms with Crippen LogP contribution in [-0.4, -0.2) is 38.3 Å². The van der Waals surface area contributed by atoms with Gasteiger partial charge >= 0.3 is 0 Å². The summed E-state index contributed by atoms with van der Waals surface area (Å²) in [5.41, 5.74) is 3.21. The van der Waals surface area contributed by atoms with Gasteiger partial charge in [0.15, 0.2) is 17.5 Å². The van der Waals surface area contributed by atoms with Gasteiger partial charge in [0.1, 0.15) is 0 Å². The van der Waals surface area contributed by atoms with Crippen LogP contribution in [0.4, 0.5) is 0 Å². The molecule has 2 N–H and O–H groups in total. The number of aromatic nitrogens is 1. The van der Waals surface area contributed by atoms with Crippen LogP contribution in [0.15, 0.2) is 35.2 Å². The van der Waals surface area contributed by atoms with Crippen molar-refractivity contribution < 1.29 is 9.47 Å². The van der Waals surface area contributed by atoms with Gasteiger partial charge < -0.3 is 20.1 Å². The molecule has 1 heterocycles. The number of benzene rings is 1. The zero-order chi connectivity index (χ0) is 20.4. The van der Waals surface area contributed by atoms with Gasteiger partial charge in [-0.25, -0.2) is 9.98 Å². The van der Waals surface area contributed by atoms with E-state index >= 15 is 0 Å². The number of allylic oxidation sites excluding steroid dienone is 1. The van der Waals surface area contributed by atoms with Crippen molar-refractivity contribution in [1.29, 1.82) is 0 Å². The molecule has 0 aliphatic rings. The Labute approximate surface area is 171 Å². The number of guanidine groups is 1. The van der Waals surface area contributed by atoms with Gasteiger partial charge in [0.25, 0.3) is 0 Å². The zero-order valence-electron chi connectivity index (χ0n) is 17.2. The fourth-order valence-corrected chi connectivity index (χ4v) is 3.50. The molecule has 0 unspecified atom stereocenters. The number of thiazole rings is 1. The predicted molar refractivity (Wildman–Crippen MR) is 117 cm³/mol. The fraction of sp³-hybridized carbons (Fsp3) is 0.429.